The molecular weight excluding hydrogens is 332 g/mol. The van der Waals surface area contributed by atoms with Gasteiger partial charge in [0.1, 0.15) is 0 Å². The van der Waals surface area contributed by atoms with Crippen molar-refractivity contribution in [3.63, 3.8) is 0 Å². The van der Waals surface area contributed by atoms with E-state index in [1.54, 1.807) is 18.3 Å². The number of carbonyl (C=O) groups is 1. The second-order valence-electron chi connectivity index (χ2n) is 5.93. The predicted molar refractivity (Wildman–Crippen MR) is 99.7 cm³/mol. The van der Waals surface area contributed by atoms with Crippen molar-refractivity contribution >= 4 is 28.7 Å². The van der Waals surface area contributed by atoms with Gasteiger partial charge in [-0.25, -0.2) is 5.43 Å². The minimum atomic E-state index is -0.237. The van der Waals surface area contributed by atoms with Crippen molar-refractivity contribution in [2.24, 2.45) is 12.1 Å². The minimum absolute atomic E-state index is 0.104. The number of carbonyl (C=O) groups excluding carboxylic acids is 1. The van der Waals surface area contributed by atoms with Crippen LogP contribution in [0, 0.1) is 0 Å². The van der Waals surface area contributed by atoms with Crippen molar-refractivity contribution < 1.29 is 14.3 Å². The number of aryl methyl sites for hydroxylation is 1. The van der Waals surface area contributed by atoms with Crippen LogP contribution in [-0.2, 0) is 11.8 Å². The Balaban J connectivity index is 1.34. The number of benzene rings is 2. The van der Waals surface area contributed by atoms with E-state index < -0.39 is 0 Å². The summed E-state index contributed by atoms with van der Waals surface area (Å²) in [6.45, 7) is 0.328. The lowest BCUT2D eigenvalue weighted by molar-refractivity contribution is -0.119. The SMILES string of the molecule is Cn1cc(/C=N\NC(=O)CNc2ccc3c(c2)OCO3)c2ccccc21. The van der Waals surface area contributed by atoms with Crippen LogP contribution in [0.25, 0.3) is 10.9 Å². The average Bonchev–Trinajstić information content (AvgIpc) is 3.25. The average molecular weight is 350 g/mol. The second-order valence-corrected chi connectivity index (χ2v) is 5.93. The summed E-state index contributed by atoms with van der Waals surface area (Å²) in [5.74, 6) is 1.14. The third kappa shape index (κ3) is 3.19. The number of hydrogen-bond acceptors (Lipinski definition) is 5. The van der Waals surface area contributed by atoms with Gasteiger partial charge in [-0.1, -0.05) is 18.2 Å². The molecule has 7 heteroatoms. The number of anilines is 1. The third-order valence-electron chi connectivity index (χ3n) is 4.15. The lowest BCUT2D eigenvalue weighted by Crippen LogP contribution is -2.25. The number of hydrogen-bond donors (Lipinski definition) is 2. The summed E-state index contributed by atoms with van der Waals surface area (Å²) in [6, 6.07) is 13.5. The molecule has 1 aromatic heterocycles. The molecule has 132 valence electrons. The lowest BCUT2D eigenvalue weighted by atomic mass is 10.2. The molecule has 0 aliphatic carbocycles. The van der Waals surface area contributed by atoms with E-state index in [1.807, 2.05) is 48.1 Å². The van der Waals surface area contributed by atoms with E-state index in [0.717, 1.165) is 22.2 Å². The van der Waals surface area contributed by atoms with Crippen molar-refractivity contribution in [2.45, 2.75) is 0 Å². The topological polar surface area (TPSA) is 76.9 Å². The Kier molecular flexibility index (Phi) is 4.18. The van der Waals surface area contributed by atoms with Gasteiger partial charge in [0, 0.05) is 41.5 Å². The molecule has 0 atom stereocenters. The van der Waals surface area contributed by atoms with Crippen LogP contribution in [0.1, 0.15) is 5.56 Å². The summed E-state index contributed by atoms with van der Waals surface area (Å²) in [7, 11) is 1.98. The maximum Gasteiger partial charge on any atom is 0.259 e. The van der Waals surface area contributed by atoms with E-state index in [2.05, 4.69) is 15.8 Å². The first-order valence-electron chi connectivity index (χ1n) is 8.20. The molecule has 0 saturated heterocycles. The number of nitrogens with zero attached hydrogens (tertiary/aromatic N) is 2. The summed E-state index contributed by atoms with van der Waals surface area (Å²) in [5, 5.41) is 8.17. The Hall–Kier alpha value is -3.48. The number of hydrazone groups is 1. The smallest absolute Gasteiger partial charge is 0.259 e. The molecule has 2 aromatic carbocycles. The molecule has 2 heterocycles. The van der Waals surface area contributed by atoms with Gasteiger partial charge in [-0.2, -0.15) is 5.10 Å². The molecule has 0 spiro atoms. The highest BCUT2D eigenvalue weighted by Crippen LogP contribution is 2.34. The number of aromatic nitrogens is 1. The molecule has 0 radical (unpaired) electrons. The van der Waals surface area contributed by atoms with Gasteiger partial charge in [-0.05, 0) is 18.2 Å². The lowest BCUT2D eigenvalue weighted by Gasteiger charge is -2.06. The Morgan fingerprint density at radius 2 is 2.08 bits per heavy atom. The molecule has 3 aromatic rings. The third-order valence-corrected chi connectivity index (χ3v) is 4.15. The van der Waals surface area contributed by atoms with E-state index in [0.29, 0.717) is 11.5 Å². The fraction of sp³-hybridized carbons (Fsp3) is 0.158. The maximum atomic E-state index is 12.0. The van der Waals surface area contributed by atoms with Crippen LogP contribution in [0.4, 0.5) is 5.69 Å². The van der Waals surface area contributed by atoms with E-state index in [9.17, 15) is 4.79 Å². The summed E-state index contributed by atoms with van der Waals surface area (Å²) in [5.41, 5.74) is 5.38. The van der Waals surface area contributed by atoms with Crippen molar-refractivity contribution in [3.05, 3.63) is 54.2 Å². The van der Waals surface area contributed by atoms with Gasteiger partial charge in [-0.15, -0.1) is 0 Å². The Morgan fingerprint density at radius 3 is 3.00 bits per heavy atom. The van der Waals surface area contributed by atoms with Crippen molar-refractivity contribution in [1.29, 1.82) is 0 Å². The van der Waals surface area contributed by atoms with Gasteiger partial charge in [0.25, 0.3) is 5.91 Å². The molecule has 0 fully saturated rings. The van der Waals surface area contributed by atoms with Gasteiger partial charge >= 0.3 is 0 Å². The molecule has 0 bridgehead atoms. The number of rotatable bonds is 5. The number of para-hydroxylation sites is 1. The Morgan fingerprint density at radius 1 is 1.23 bits per heavy atom. The highest BCUT2D eigenvalue weighted by atomic mass is 16.7. The van der Waals surface area contributed by atoms with E-state index in [1.165, 1.54) is 0 Å². The zero-order chi connectivity index (χ0) is 17.9. The first-order chi connectivity index (χ1) is 12.7. The largest absolute Gasteiger partial charge is 0.454 e. The van der Waals surface area contributed by atoms with E-state index in [4.69, 9.17) is 9.47 Å². The summed E-state index contributed by atoms with van der Waals surface area (Å²) in [4.78, 5) is 12.0. The fourth-order valence-corrected chi connectivity index (χ4v) is 2.88. The van der Waals surface area contributed by atoms with Crippen LogP contribution in [-0.4, -0.2) is 30.0 Å². The standard InChI is InChI=1S/C19H18N4O3/c1-23-11-13(15-4-2-3-5-16(15)23)9-21-22-19(24)10-20-14-6-7-17-18(8-14)26-12-25-17/h2-9,11,20H,10,12H2,1H3,(H,22,24)/b21-9-. The molecular formula is C19H18N4O3. The number of amides is 1. The van der Waals surface area contributed by atoms with Gasteiger partial charge in [0.05, 0.1) is 12.8 Å². The van der Waals surface area contributed by atoms with Crippen LogP contribution < -0.4 is 20.2 Å². The Labute approximate surface area is 150 Å². The quantitative estimate of drug-likeness (QED) is 0.547. The van der Waals surface area contributed by atoms with Gasteiger partial charge in [0.2, 0.25) is 6.79 Å². The van der Waals surface area contributed by atoms with Crippen LogP contribution >= 0.6 is 0 Å². The summed E-state index contributed by atoms with van der Waals surface area (Å²) in [6.07, 6.45) is 3.63. The molecule has 0 saturated carbocycles. The Bertz CT molecular complexity index is 994. The van der Waals surface area contributed by atoms with E-state index in [-0.39, 0.29) is 19.2 Å². The second kappa shape index (κ2) is 6.79. The zero-order valence-electron chi connectivity index (χ0n) is 14.2. The molecule has 7 nitrogen and oxygen atoms in total. The highest BCUT2D eigenvalue weighted by molar-refractivity contribution is 5.99. The van der Waals surface area contributed by atoms with Crippen molar-refractivity contribution in [3.8, 4) is 11.5 Å². The van der Waals surface area contributed by atoms with E-state index >= 15 is 0 Å². The summed E-state index contributed by atoms with van der Waals surface area (Å²) >= 11 is 0. The van der Waals surface area contributed by atoms with Crippen molar-refractivity contribution in [2.75, 3.05) is 18.7 Å². The van der Waals surface area contributed by atoms with Gasteiger partial charge < -0.3 is 19.4 Å². The van der Waals surface area contributed by atoms with Gasteiger partial charge in [-0.3, -0.25) is 4.79 Å². The monoisotopic (exact) mass is 350 g/mol. The first kappa shape index (κ1) is 16.0. The number of nitrogens with one attached hydrogen (secondary N) is 2. The maximum absolute atomic E-state index is 12.0. The highest BCUT2D eigenvalue weighted by Gasteiger charge is 2.13. The molecule has 26 heavy (non-hydrogen) atoms. The molecule has 1 aliphatic rings. The van der Waals surface area contributed by atoms with Crippen LogP contribution in [0.2, 0.25) is 0 Å². The number of ether oxygens (including phenoxy) is 2. The van der Waals surface area contributed by atoms with Crippen LogP contribution in [0.3, 0.4) is 0 Å². The molecule has 2 N–H and O–H groups in total. The number of fused-ring (bicyclic) bond motifs is 2. The van der Waals surface area contributed by atoms with Crippen LogP contribution in [0.15, 0.2) is 53.8 Å². The first-order valence-corrected chi connectivity index (χ1v) is 8.20. The summed E-state index contributed by atoms with van der Waals surface area (Å²) < 4.78 is 12.6. The fourth-order valence-electron chi connectivity index (χ4n) is 2.88. The zero-order valence-corrected chi connectivity index (χ0v) is 14.2. The molecule has 1 amide bonds. The molecule has 4 rings (SSSR count). The van der Waals surface area contributed by atoms with Crippen LogP contribution in [0.5, 0.6) is 11.5 Å². The molecule has 0 unspecified atom stereocenters. The van der Waals surface area contributed by atoms with Crippen molar-refractivity contribution in [1.82, 2.24) is 9.99 Å². The van der Waals surface area contributed by atoms with Gasteiger partial charge in [0.15, 0.2) is 11.5 Å². The predicted octanol–water partition coefficient (Wildman–Crippen LogP) is 2.47. The molecule has 1 aliphatic heterocycles. The normalized spacial score (nSPS) is 12.7. The minimum Gasteiger partial charge on any atom is -0.454 e.